The molecule has 0 radical (unpaired) electrons. The lowest BCUT2D eigenvalue weighted by Gasteiger charge is -2.42. The smallest absolute Gasteiger partial charge is 0.0108 e. The number of hydrogen-bond acceptors (Lipinski definition) is 1. The Balaban J connectivity index is 1.87. The third kappa shape index (κ3) is 3.04. The predicted octanol–water partition coefficient (Wildman–Crippen LogP) is 5.21. The largest absolute Gasteiger partial charge is 0.327 e. The van der Waals surface area contributed by atoms with Crippen molar-refractivity contribution in [1.82, 2.24) is 0 Å². The highest BCUT2D eigenvalue weighted by Gasteiger charge is 2.36. The van der Waals surface area contributed by atoms with Crippen molar-refractivity contribution in [1.29, 1.82) is 0 Å². The van der Waals surface area contributed by atoms with Crippen LogP contribution in [-0.2, 0) is 0 Å². The number of rotatable bonds is 2. The van der Waals surface area contributed by atoms with Crippen LogP contribution in [0.2, 0.25) is 0 Å². The van der Waals surface area contributed by atoms with E-state index >= 15 is 0 Å². The molecule has 3 rings (SSSR count). The fourth-order valence-corrected chi connectivity index (χ4v) is 4.28. The molecule has 1 heteroatoms. The second-order valence-electron chi connectivity index (χ2n) is 8.40. The highest BCUT2D eigenvalue weighted by atomic mass is 14.7. The maximum Gasteiger partial charge on any atom is 0.0108 e. The third-order valence-electron chi connectivity index (χ3n) is 6.07. The predicted molar refractivity (Wildman–Crippen MR) is 90.5 cm³/mol. The Bertz CT molecular complexity index is 481. The number of hydrogen-bond donors (Lipinski definition) is 1. The van der Waals surface area contributed by atoms with Gasteiger partial charge in [0.2, 0.25) is 0 Å². The van der Waals surface area contributed by atoms with Gasteiger partial charge in [0.25, 0.3) is 0 Å². The van der Waals surface area contributed by atoms with Gasteiger partial charge in [0.15, 0.2) is 0 Å². The molecule has 0 spiro atoms. The molecule has 21 heavy (non-hydrogen) atoms. The molecule has 0 aromatic heterocycles. The second-order valence-corrected chi connectivity index (χ2v) is 8.40. The van der Waals surface area contributed by atoms with Crippen LogP contribution in [0.3, 0.4) is 0 Å². The molecule has 2 fully saturated rings. The summed E-state index contributed by atoms with van der Waals surface area (Å²) in [6.07, 6.45) is 7.91. The normalized spacial score (nSPS) is 31.0. The van der Waals surface area contributed by atoms with Gasteiger partial charge in [0.05, 0.1) is 0 Å². The van der Waals surface area contributed by atoms with E-state index in [0.717, 1.165) is 11.8 Å². The first-order chi connectivity index (χ1) is 9.97. The first kappa shape index (κ1) is 15.1. The third-order valence-corrected chi connectivity index (χ3v) is 6.07. The zero-order chi connectivity index (χ0) is 15.0. The van der Waals surface area contributed by atoms with Crippen molar-refractivity contribution in [3.8, 4) is 0 Å². The van der Waals surface area contributed by atoms with Crippen molar-refractivity contribution >= 4 is 0 Å². The fourth-order valence-electron chi connectivity index (χ4n) is 4.28. The zero-order valence-corrected chi connectivity index (χ0v) is 13.9. The summed E-state index contributed by atoms with van der Waals surface area (Å²) in [6, 6.07) is 9.51. The summed E-state index contributed by atoms with van der Waals surface area (Å²) in [7, 11) is 0. The first-order valence-corrected chi connectivity index (χ1v) is 8.81. The van der Waals surface area contributed by atoms with Gasteiger partial charge in [0, 0.05) is 6.04 Å². The van der Waals surface area contributed by atoms with E-state index in [0.29, 0.717) is 17.4 Å². The van der Waals surface area contributed by atoms with Gasteiger partial charge in [-0.25, -0.2) is 0 Å². The van der Waals surface area contributed by atoms with Gasteiger partial charge in [-0.15, -0.1) is 0 Å². The molecule has 1 aromatic rings. The van der Waals surface area contributed by atoms with Gasteiger partial charge in [0.1, 0.15) is 0 Å². The Morgan fingerprint density at radius 1 is 0.952 bits per heavy atom. The number of benzene rings is 1. The van der Waals surface area contributed by atoms with Crippen LogP contribution in [0, 0.1) is 11.3 Å². The Morgan fingerprint density at radius 3 is 2.19 bits per heavy atom. The second kappa shape index (κ2) is 5.76. The van der Waals surface area contributed by atoms with E-state index in [-0.39, 0.29) is 0 Å². The minimum Gasteiger partial charge on any atom is -0.327 e. The molecule has 1 aromatic carbocycles. The highest BCUT2D eigenvalue weighted by molar-refractivity contribution is 5.36. The monoisotopic (exact) mass is 285 g/mol. The Labute approximate surface area is 130 Å². The lowest BCUT2D eigenvalue weighted by atomic mass is 9.64. The summed E-state index contributed by atoms with van der Waals surface area (Å²) in [6.45, 7) is 7.18. The van der Waals surface area contributed by atoms with Crippen molar-refractivity contribution in [2.24, 2.45) is 17.1 Å². The Morgan fingerprint density at radius 2 is 1.62 bits per heavy atom. The standard InChI is InChI=1S/C20H31N/c1-20(2,3)15-11-12-19(21)18(13-15)17-10-5-4-9-16(17)14-7-6-8-14/h4-5,9-10,14-15,18-19H,6-8,11-13,21H2,1-3H3. The van der Waals surface area contributed by atoms with Crippen LogP contribution >= 0.6 is 0 Å². The molecular weight excluding hydrogens is 254 g/mol. The maximum absolute atomic E-state index is 6.55. The quantitative estimate of drug-likeness (QED) is 0.793. The minimum atomic E-state index is 0.352. The van der Waals surface area contributed by atoms with Gasteiger partial charge in [-0.3, -0.25) is 0 Å². The van der Waals surface area contributed by atoms with Gasteiger partial charge in [-0.2, -0.15) is 0 Å². The topological polar surface area (TPSA) is 26.0 Å². The van der Waals surface area contributed by atoms with Crippen LogP contribution < -0.4 is 5.73 Å². The molecule has 2 aliphatic rings. The molecular formula is C20H31N. The van der Waals surface area contributed by atoms with Crippen LogP contribution in [0.25, 0.3) is 0 Å². The molecule has 1 nitrogen and oxygen atoms in total. The molecule has 2 saturated carbocycles. The molecule has 0 aliphatic heterocycles. The molecule has 2 N–H and O–H groups in total. The van der Waals surface area contributed by atoms with Crippen LogP contribution in [0.1, 0.15) is 82.3 Å². The average molecular weight is 285 g/mol. The van der Waals surface area contributed by atoms with Crippen molar-refractivity contribution in [2.75, 3.05) is 0 Å². The van der Waals surface area contributed by atoms with Gasteiger partial charge in [-0.1, -0.05) is 51.5 Å². The van der Waals surface area contributed by atoms with E-state index in [1.165, 1.54) is 38.5 Å². The van der Waals surface area contributed by atoms with E-state index in [4.69, 9.17) is 5.73 Å². The van der Waals surface area contributed by atoms with Crippen LogP contribution in [0.15, 0.2) is 24.3 Å². The van der Waals surface area contributed by atoms with Crippen molar-refractivity contribution < 1.29 is 0 Å². The van der Waals surface area contributed by atoms with Crippen LogP contribution in [0.4, 0.5) is 0 Å². The van der Waals surface area contributed by atoms with E-state index in [1.54, 1.807) is 11.1 Å². The summed E-state index contributed by atoms with van der Waals surface area (Å²) in [4.78, 5) is 0. The fraction of sp³-hybridized carbons (Fsp3) is 0.700. The highest BCUT2D eigenvalue weighted by Crippen LogP contribution is 2.47. The first-order valence-electron chi connectivity index (χ1n) is 8.81. The molecule has 3 atom stereocenters. The lowest BCUT2D eigenvalue weighted by Crippen LogP contribution is -2.38. The van der Waals surface area contributed by atoms with Crippen LogP contribution in [0.5, 0.6) is 0 Å². The molecule has 3 unspecified atom stereocenters. The number of nitrogens with two attached hydrogens (primary N) is 1. The Kier molecular flexibility index (Phi) is 4.14. The van der Waals surface area contributed by atoms with Gasteiger partial charge in [-0.05, 0) is 66.4 Å². The minimum absolute atomic E-state index is 0.352. The van der Waals surface area contributed by atoms with E-state index in [2.05, 4.69) is 45.0 Å². The van der Waals surface area contributed by atoms with E-state index < -0.39 is 0 Å². The Hall–Kier alpha value is -0.820. The summed E-state index contributed by atoms with van der Waals surface area (Å²) in [5.74, 6) is 2.18. The van der Waals surface area contributed by atoms with Gasteiger partial charge >= 0.3 is 0 Å². The van der Waals surface area contributed by atoms with E-state index in [9.17, 15) is 0 Å². The zero-order valence-electron chi connectivity index (χ0n) is 13.9. The summed E-state index contributed by atoms with van der Waals surface area (Å²) >= 11 is 0. The average Bonchev–Trinajstić information content (AvgIpc) is 2.37. The summed E-state index contributed by atoms with van der Waals surface area (Å²) in [5.41, 5.74) is 10.1. The van der Waals surface area contributed by atoms with Crippen LogP contribution in [-0.4, -0.2) is 6.04 Å². The van der Waals surface area contributed by atoms with Gasteiger partial charge < -0.3 is 5.73 Å². The summed E-state index contributed by atoms with van der Waals surface area (Å²) in [5, 5.41) is 0. The molecule has 116 valence electrons. The molecule has 0 saturated heterocycles. The summed E-state index contributed by atoms with van der Waals surface area (Å²) < 4.78 is 0. The van der Waals surface area contributed by atoms with Crippen molar-refractivity contribution in [2.45, 2.75) is 77.2 Å². The maximum atomic E-state index is 6.55. The van der Waals surface area contributed by atoms with Crippen molar-refractivity contribution in [3.63, 3.8) is 0 Å². The molecule has 2 aliphatic carbocycles. The van der Waals surface area contributed by atoms with Crippen molar-refractivity contribution in [3.05, 3.63) is 35.4 Å². The molecule has 0 bridgehead atoms. The lowest BCUT2D eigenvalue weighted by molar-refractivity contribution is 0.153. The SMILES string of the molecule is CC(C)(C)C1CCC(N)C(c2ccccc2C2CCC2)C1. The molecule has 0 amide bonds. The molecule has 0 heterocycles. The van der Waals surface area contributed by atoms with E-state index in [1.807, 2.05) is 0 Å².